The van der Waals surface area contributed by atoms with Gasteiger partial charge in [0.25, 0.3) is 0 Å². The van der Waals surface area contributed by atoms with Crippen molar-refractivity contribution in [3.05, 3.63) is 23.2 Å². The van der Waals surface area contributed by atoms with Gasteiger partial charge in [0.15, 0.2) is 0 Å². The Morgan fingerprint density at radius 3 is 2.50 bits per heavy atom. The van der Waals surface area contributed by atoms with E-state index in [0.29, 0.717) is 5.02 Å². The molecule has 0 bridgehead atoms. The smallest absolute Gasteiger partial charge is 0.243 e. The van der Waals surface area contributed by atoms with Gasteiger partial charge in [-0.15, -0.1) is 0 Å². The van der Waals surface area contributed by atoms with Gasteiger partial charge in [0, 0.05) is 13.1 Å². The van der Waals surface area contributed by atoms with Gasteiger partial charge in [0.05, 0.1) is 15.6 Å². The summed E-state index contributed by atoms with van der Waals surface area (Å²) in [5.74, 6) is 0. The summed E-state index contributed by atoms with van der Waals surface area (Å²) in [5.41, 5.74) is 5.95. The lowest BCUT2D eigenvalue weighted by atomic mass is 10.3. The second-order valence-electron chi connectivity index (χ2n) is 4.64. The lowest BCUT2D eigenvalue weighted by Crippen LogP contribution is -2.35. The molecule has 6 heteroatoms. The first-order valence-corrected chi connectivity index (χ1v) is 7.78. The summed E-state index contributed by atoms with van der Waals surface area (Å²) in [6, 6.07) is 4.54. The van der Waals surface area contributed by atoms with Crippen molar-refractivity contribution < 1.29 is 8.42 Å². The molecule has 4 nitrogen and oxygen atoms in total. The largest absolute Gasteiger partial charge is 0.397 e. The van der Waals surface area contributed by atoms with Crippen LogP contribution in [-0.4, -0.2) is 25.8 Å². The van der Waals surface area contributed by atoms with Gasteiger partial charge in [0.2, 0.25) is 10.0 Å². The molecule has 18 heavy (non-hydrogen) atoms. The summed E-state index contributed by atoms with van der Waals surface area (Å²) in [6.45, 7) is 0. The monoisotopic (exact) mass is 288 g/mol. The number of nitrogens with two attached hydrogens (primary N) is 1. The summed E-state index contributed by atoms with van der Waals surface area (Å²) in [5, 5.41) is 0.373. The number of halogens is 1. The average molecular weight is 289 g/mol. The molecular weight excluding hydrogens is 272 g/mol. The first-order valence-electron chi connectivity index (χ1n) is 5.96. The van der Waals surface area contributed by atoms with Crippen molar-refractivity contribution in [1.82, 2.24) is 4.31 Å². The first kappa shape index (κ1) is 13.6. The highest BCUT2D eigenvalue weighted by Crippen LogP contribution is 2.29. The fourth-order valence-corrected chi connectivity index (χ4v) is 3.88. The number of rotatable bonds is 3. The van der Waals surface area contributed by atoms with Crippen LogP contribution in [-0.2, 0) is 10.0 Å². The Kier molecular flexibility index (Phi) is 3.84. The molecule has 0 atom stereocenters. The van der Waals surface area contributed by atoms with Crippen LogP contribution >= 0.6 is 11.6 Å². The van der Waals surface area contributed by atoms with Crippen molar-refractivity contribution in [3.8, 4) is 0 Å². The summed E-state index contributed by atoms with van der Waals surface area (Å²) >= 11 is 5.80. The Morgan fingerprint density at radius 2 is 1.94 bits per heavy atom. The zero-order valence-electron chi connectivity index (χ0n) is 10.3. The zero-order valence-corrected chi connectivity index (χ0v) is 11.8. The molecule has 1 aliphatic carbocycles. The number of sulfonamides is 1. The van der Waals surface area contributed by atoms with Crippen LogP contribution in [0.4, 0.5) is 5.69 Å². The molecule has 100 valence electrons. The van der Waals surface area contributed by atoms with Crippen LogP contribution in [0.15, 0.2) is 23.1 Å². The minimum absolute atomic E-state index is 0.104. The normalized spacial score (nSPS) is 17.5. The molecule has 0 amide bonds. The third-order valence-electron chi connectivity index (χ3n) is 3.48. The standard InChI is InChI=1S/C12H17ClN2O2S/c1-15(9-4-2-3-5-9)18(16,17)10-6-7-11(13)12(14)8-10/h6-9H,2-5,14H2,1H3. The maximum absolute atomic E-state index is 12.4. The number of nitrogens with zero attached hydrogens (tertiary/aromatic N) is 1. The average Bonchev–Trinajstić information content (AvgIpc) is 2.85. The second-order valence-corrected chi connectivity index (χ2v) is 7.05. The highest BCUT2D eigenvalue weighted by molar-refractivity contribution is 7.89. The van der Waals surface area contributed by atoms with E-state index < -0.39 is 10.0 Å². The van der Waals surface area contributed by atoms with Crippen LogP contribution in [0.2, 0.25) is 5.02 Å². The number of benzene rings is 1. The summed E-state index contributed by atoms with van der Waals surface area (Å²) in [6.07, 6.45) is 4.04. The number of anilines is 1. The fraction of sp³-hybridized carbons (Fsp3) is 0.500. The van der Waals surface area contributed by atoms with Gasteiger partial charge in [0.1, 0.15) is 0 Å². The van der Waals surface area contributed by atoms with Crippen LogP contribution in [0, 0.1) is 0 Å². The Balaban J connectivity index is 2.32. The summed E-state index contributed by atoms with van der Waals surface area (Å²) in [7, 11) is -1.83. The molecule has 1 aliphatic rings. The van der Waals surface area contributed by atoms with E-state index in [2.05, 4.69) is 0 Å². The van der Waals surface area contributed by atoms with Crippen LogP contribution in [0.5, 0.6) is 0 Å². The molecule has 0 spiro atoms. The SMILES string of the molecule is CN(C1CCCC1)S(=O)(=O)c1ccc(Cl)c(N)c1. The highest BCUT2D eigenvalue weighted by Gasteiger charge is 2.30. The molecule has 2 N–H and O–H groups in total. The molecule has 0 unspecified atom stereocenters. The predicted molar refractivity (Wildman–Crippen MR) is 73.1 cm³/mol. The van der Waals surface area contributed by atoms with E-state index in [4.69, 9.17) is 17.3 Å². The van der Waals surface area contributed by atoms with Crippen LogP contribution in [0.1, 0.15) is 25.7 Å². The van der Waals surface area contributed by atoms with Crippen molar-refractivity contribution in [2.45, 2.75) is 36.6 Å². The number of nitrogen functional groups attached to an aromatic ring is 1. The Bertz CT molecular complexity index is 539. The van der Waals surface area contributed by atoms with E-state index >= 15 is 0 Å². The molecule has 1 saturated carbocycles. The lowest BCUT2D eigenvalue weighted by Gasteiger charge is -2.23. The highest BCUT2D eigenvalue weighted by atomic mass is 35.5. The topological polar surface area (TPSA) is 63.4 Å². The molecular formula is C12H17ClN2O2S. The molecule has 0 radical (unpaired) electrons. The van der Waals surface area contributed by atoms with Gasteiger partial charge >= 0.3 is 0 Å². The zero-order chi connectivity index (χ0) is 13.3. The van der Waals surface area contributed by atoms with E-state index in [9.17, 15) is 8.42 Å². The van der Waals surface area contributed by atoms with Crippen molar-refractivity contribution in [2.24, 2.45) is 0 Å². The first-order chi connectivity index (χ1) is 8.43. The molecule has 0 aliphatic heterocycles. The third-order valence-corrected chi connectivity index (χ3v) is 5.73. The van der Waals surface area contributed by atoms with Crippen molar-refractivity contribution in [3.63, 3.8) is 0 Å². The number of hydrogen-bond donors (Lipinski definition) is 1. The minimum Gasteiger partial charge on any atom is -0.397 e. The molecule has 0 saturated heterocycles. The van der Waals surface area contributed by atoms with Crippen molar-refractivity contribution in [1.29, 1.82) is 0 Å². The van der Waals surface area contributed by atoms with Crippen LogP contribution < -0.4 is 5.73 Å². The van der Waals surface area contributed by atoms with Gasteiger partial charge in [-0.05, 0) is 31.0 Å². The molecule has 1 aromatic carbocycles. The van der Waals surface area contributed by atoms with Gasteiger partial charge in [-0.3, -0.25) is 0 Å². The van der Waals surface area contributed by atoms with Crippen molar-refractivity contribution in [2.75, 3.05) is 12.8 Å². The Labute approximate surface area is 113 Å². The molecule has 0 heterocycles. The quantitative estimate of drug-likeness (QED) is 0.869. The fourth-order valence-electron chi connectivity index (χ4n) is 2.31. The maximum Gasteiger partial charge on any atom is 0.243 e. The van der Waals surface area contributed by atoms with Crippen LogP contribution in [0.25, 0.3) is 0 Å². The molecule has 2 rings (SSSR count). The predicted octanol–water partition coefficient (Wildman–Crippen LogP) is 2.49. The van der Waals surface area contributed by atoms with E-state index in [1.165, 1.54) is 22.5 Å². The van der Waals surface area contributed by atoms with E-state index in [0.717, 1.165) is 25.7 Å². The van der Waals surface area contributed by atoms with Crippen LogP contribution in [0.3, 0.4) is 0 Å². The molecule has 1 fully saturated rings. The number of hydrogen-bond acceptors (Lipinski definition) is 3. The van der Waals surface area contributed by atoms with E-state index in [1.54, 1.807) is 7.05 Å². The van der Waals surface area contributed by atoms with Gasteiger partial charge < -0.3 is 5.73 Å². The lowest BCUT2D eigenvalue weighted by molar-refractivity contribution is 0.373. The Morgan fingerprint density at radius 1 is 1.33 bits per heavy atom. The third kappa shape index (κ3) is 2.48. The van der Waals surface area contributed by atoms with E-state index in [-0.39, 0.29) is 16.6 Å². The van der Waals surface area contributed by atoms with Gasteiger partial charge in [-0.1, -0.05) is 24.4 Å². The van der Waals surface area contributed by atoms with Gasteiger partial charge in [-0.2, -0.15) is 4.31 Å². The van der Waals surface area contributed by atoms with Crippen molar-refractivity contribution >= 4 is 27.3 Å². The molecule has 0 aromatic heterocycles. The summed E-state index contributed by atoms with van der Waals surface area (Å²) in [4.78, 5) is 0.207. The molecule has 1 aromatic rings. The summed E-state index contributed by atoms with van der Waals surface area (Å²) < 4.78 is 26.3. The maximum atomic E-state index is 12.4. The van der Waals surface area contributed by atoms with E-state index in [1.807, 2.05) is 0 Å². The second kappa shape index (κ2) is 5.07. The Hall–Kier alpha value is -0.780. The minimum atomic E-state index is -3.47. The van der Waals surface area contributed by atoms with Gasteiger partial charge in [-0.25, -0.2) is 8.42 Å².